The van der Waals surface area contributed by atoms with E-state index in [2.05, 4.69) is 38.9 Å². The van der Waals surface area contributed by atoms with Crippen molar-refractivity contribution in [2.24, 2.45) is 5.92 Å². The molecule has 1 aromatic heterocycles. The Morgan fingerprint density at radius 3 is 2.34 bits per heavy atom. The summed E-state index contributed by atoms with van der Waals surface area (Å²) in [5, 5.41) is 0.748. The molecule has 0 radical (unpaired) electrons. The second-order valence-electron chi connectivity index (χ2n) is 10.8. The fourth-order valence-corrected chi connectivity index (χ4v) is 6.54. The van der Waals surface area contributed by atoms with Crippen LogP contribution in [0.4, 0.5) is 5.69 Å². The zero-order valence-electron chi connectivity index (χ0n) is 22.9. The van der Waals surface area contributed by atoms with E-state index >= 15 is 0 Å². The van der Waals surface area contributed by atoms with Crippen LogP contribution in [0.5, 0.6) is 5.75 Å². The highest BCUT2D eigenvalue weighted by atomic mass is 32.2. The molecule has 1 saturated carbocycles. The molecule has 3 aromatic carbocycles. The quantitative estimate of drug-likeness (QED) is 0.299. The second-order valence-corrected chi connectivity index (χ2v) is 12.5. The number of ether oxygens (including phenoxy) is 1. The normalized spacial score (nSPS) is 16.3. The number of amides is 1. The van der Waals surface area contributed by atoms with Gasteiger partial charge in [-0.25, -0.2) is 8.42 Å². The lowest BCUT2D eigenvalue weighted by molar-refractivity contribution is 0.0628. The number of sulfonamides is 1. The van der Waals surface area contributed by atoms with E-state index in [1.54, 1.807) is 42.6 Å². The molecule has 8 nitrogen and oxygen atoms in total. The number of nitrogens with one attached hydrogen (secondary N) is 1. The first-order chi connectivity index (χ1) is 19.9. The van der Waals surface area contributed by atoms with E-state index in [4.69, 9.17) is 4.74 Å². The summed E-state index contributed by atoms with van der Waals surface area (Å²) in [6.45, 7) is 4.53. The van der Waals surface area contributed by atoms with E-state index in [1.807, 2.05) is 17.0 Å². The van der Waals surface area contributed by atoms with Gasteiger partial charge in [-0.05, 0) is 72.9 Å². The average molecular weight is 571 g/mol. The van der Waals surface area contributed by atoms with Gasteiger partial charge >= 0.3 is 0 Å². The molecule has 2 aliphatic rings. The molecule has 6 rings (SSSR count). The van der Waals surface area contributed by atoms with Gasteiger partial charge in [0.05, 0.1) is 12.1 Å². The van der Waals surface area contributed by atoms with Gasteiger partial charge in [-0.1, -0.05) is 36.8 Å². The Hall–Kier alpha value is -3.95. The van der Waals surface area contributed by atoms with Crippen molar-refractivity contribution < 1.29 is 17.9 Å². The summed E-state index contributed by atoms with van der Waals surface area (Å²) in [5.41, 5.74) is 2.57. The zero-order chi connectivity index (χ0) is 28.2. The third-order valence-electron chi connectivity index (χ3n) is 7.97. The van der Waals surface area contributed by atoms with E-state index in [0.29, 0.717) is 29.9 Å². The van der Waals surface area contributed by atoms with E-state index in [1.165, 1.54) is 30.9 Å². The van der Waals surface area contributed by atoms with Gasteiger partial charge in [0.15, 0.2) is 0 Å². The number of aromatic nitrogens is 1. The summed E-state index contributed by atoms with van der Waals surface area (Å²) in [5.74, 6) is 1.60. The van der Waals surface area contributed by atoms with Gasteiger partial charge in [0.2, 0.25) is 0 Å². The lowest BCUT2D eigenvalue weighted by Gasteiger charge is -2.34. The molecule has 41 heavy (non-hydrogen) atoms. The number of carbonyl (C=O) groups excluding carboxylic acids is 1. The molecule has 1 saturated heterocycles. The summed E-state index contributed by atoms with van der Waals surface area (Å²) in [6, 6.07) is 23.6. The predicted octanol–water partition coefficient (Wildman–Crippen LogP) is 5.17. The highest BCUT2D eigenvalue weighted by Crippen LogP contribution is 2.27. The summed E-state index contributed by atoms with van der Waals surface area (Å²) in [4.78, 5) is 21.7. The Kier molecular flexibility index (Phi) is 7.89. The molecule has 2 fully saturated rings. The minimum absolute atomic E-state index is 0.0507. The van der Waals surface area contributed by atoms with Crippen molar-refractivity contribution in [3.8, 4) is 5.75 Å². The van der Waals surface area contributed by atoms with Crippen LogP contribution in [0.3, 0.4) is 0 Å². The number of carbonyl (C=O) groups is 1. The molecule has 9 heteroatoms. The van der Waals surface area contributed by atoms with E-state index < -0.39 is 10.0 Å². The van der Waals surface area contributed by atoms with Crippen LogP contribution in [0.2, 0.25) is 0 Å². The molecule has 1 aliphatic heterocycles. The maximum Gasteiger partial charge on any atom is 0.264 e. The summed E-state index contributed by atoms with van der Waals surface area (Å²) in [6.07, 6.45) is 5.47. The molecule has 2 heterocycles. The molecule has 4 aromatic rings. The maximum absolute atomic E-state index is 13.1. The number of para-hydroxylation sites is 1. The Bertz CT molecular complexity index is 1610. The molecule has 212 valence electrons. The van der Waals surface area contributed by atoms with Crippen molar-refractivity contribution in [3.63, 3.8) is 0 Å². The predicted molar refractivity (Wildman–Crippen MR) is 159 cm³/mol. The maximum atomic E-state index is 13.1. The topological polar surface area (TPSA) is 91.8 Å². The van der Waals surface area contributed by atoms with Gasteiger partial charge in [-0.15, -0.1) is 0 Å². The van der Waals surface area contributed by atoms with E-state index in [9.17, 15) is 13.2 Å². The fraction of sp³-hybridized carbons (Fsp3) is 0.312. The summed E-state index contributed by atoms with van der Waals surface area (Å²) in [7, 11) is -3.85. The van der Waals surface area contributed by atoms with Gasteiger partial charge in [0, 0.05) is 55.6 Å². The first-order valence-electron chi connectivity index (χ1n) is 14.1. The summed E-state index contributed by atoms with van der Waals surface area (Å²) >= 11 is 0. The molecule has 0 atom stereocenters. The van der Waals surface area contributed by atoms with E-state index in [-0.39, 0.29) is 10.8 Å². The number of nitrogens with zero attached hydrogens (tertiary/aromatic N) is 3. The molecular formula is C32H34N4O4S. The van der Waals surface area contributed by atoms with Gasteiger partial charge in [-0.3, -0.25) is 19.4 Å². The van der Waals surface area contributed by atoms with E-state index in [0.717, 1.165) is 43.3 Å². The lowest BCUT2D eigenvalue weighted by atomic mass is 9.86. The largest absolute Gasteiger partial charge is 0.493 e. The molecular weight excluding hydrogens is 536 g/mol. The fourth-order valence-electron chi connectivity index (χ4n) is 5.30. The number of anilines is 1. The Morgan fingerprint density at radius 1 is 0.902 bits per heavy atom. The van der Waals surface area contributed by atoms with Crippen LogP contribution in [0.1, 0.15) is 35.2 Å². The third-order valence-corrected chi connectivity index (χ3v) is 9.38. The Morgan fingerprint density at radius 2 is 1.63 bits per heavy atom. The first kappa shape index (κ1) is 27.2. The molecule has 1 N–H and O–H groups in total. The number of benzene rings is 3. The molecule has 1 aliphatic carbocycles. The number of hydrogen-bond donors (Lipinski definition) is 1. The second kappa shape index (κ2) is 11.9. The number of rotatable bonds is 9. The van der Waals surface area contributed by atoms with Crippen molar-refractivity contribution in [1.82, 2.24) is 14.8 Å². The smallest absolute Gasteiger partial charge is 0.264 e. The van der Waals surface area contributed by atoms with Crippen LogP contribution in [0, 0.1) is 5.92 Å². The third kappa shape index (κ3) is 6.36. The number of hydrogen-bond acceptors (Lipinski definition) is 6. The van der Waals surface area contributed by atoms with Gasteiger partial charge in [0.1, 0.15) is 10.6 Å². The minimum atomic E-state index is -3.85. The molecule has 0 bridgehead atoms. The SMILES string of the molecule is O=C(c1ccc(NS(=O)(=O)c2cccc3cccnc23)cc1)N1CCN(Cc2ccc(OCC3CCC3)cc2)CC1. The van der Waals surface area contributed by atoms with Gasteiger partial charge < -0.3 is 9.64 Å². The minimum Gasteiger partial charge on any atom is -0.493 e. The van der Waals surface area contributed by atoms with Crippen LogP contribution in [0.25, 0.3) is 10.9 Å². The molecule has 0 spiro atoms. The van der Waals surface area contributed by atoms with Crippen LogP contribution < -0.4 is 9.46 Å². The Labute approximate surface area is 241 Å². The van der Waals surface area contributed by atoms with Gasteiger partial charge in [-0.2, -0.15) is 0 Å². The first-order valence-corrected chi connectivity index (χ1v) is 15.6. The highest BCUT2D eigenvalue weighted by molar-refractivity contribution is 7.93. The highest BCUT2D eigenvalue weighted by Gasteiger charge is 2.23. The molecule has 1 amide bonds. The molecule has 0 unspecified atom stereocenters. The van der Waals surface area contributed by atoms with Crippen LogP contribution in [0.15, 0.2) is 90.0 Å². The van der Waals surface area contributed by atoms with Crippen molar-refractivity contribution in [3.05, 3.63) is 96.2 Å². The number of piperazine rings is 1. The lowest BCUT2D eigenvalue weighted by Crippen LogP contribution is -2.48. The Balaban J connectivity index is 1.01. The monoisotopic (exact) mass is 570 g/mol. The number of fused-ring (bicyclic) bond motifs is 1. The van der Waals surface area contributed by atoms with Crippen molar-refractivity contribution in [1.29, 1.82) is 0 Å². The number of pyridine rings is 1. The zero-order valence-corrected chi connectivity index (χ0v) is 23.7. The van der Waals surface area contributed by atoms with Crippen molar-refractivity contribution >= 4 is 32.5 Å². The van der Waals surface area contributed by atoms with Crippen LogP contribution >= 0.6 is 0 Å². The summed E-state index contributed by atoms with van der Waals surface area (Å²) < 4.78 is 34.7. The van der Waals surface area contributed by atoms with Gasteiger partial charge in [0.25, 0.3) is 15.9 Å². The van der Waals surface area contributed by atoms with Crippen LogP contribution in [-0.2, 0) is 16.6 Å². The van der Waals surface area contributed by atoms with Crippen molar-refractivity contribution in [2.45, 2.75) is 30.7 Å². The van der Waals surface area contributed by atoms with Crippen molar-refractivity contribution in [2.75, 3.05) is 37.5 Å². The average Bonchev–Trinajstić information content (AvgIpc) is 2.97. The standard InChI is InChI=1S/C32H34N4O4S/c37-32(36-20-18-35(19-21-36)22-24-9-15-29(16-10-24)40-23-25-4-1-5-25)27-11-13-28(14-12-27)34-41(38,39)30-8-2-6-26-7-3-17-33-31(26)30/h2-3,6-17,25,34H,1,4-5,18-23H2. The van der Waals surface area contributed by atoms with Crippen LogP contribution in [-0.4, -0.2) is 61.9 Å².